The fourth-order valence-electron chi connectivity index (χ4n) is 3.74. The quantitative estimate of drug-likeness (QED) is 0.648. The van der Waals surface area contributed by atoms with Gasteiger partial charge in [-0.2, -0.15) is 5.10 Å². The Balaban J connectivity index is 1.55. The van der Waals surface area contributed by atoms with Crippen LogP contribution in [-0.2, 0) is 4.79 Å². The number of benzene rings is 2. The molecule has 0 fully saturated rings. The van der Waals surface area contributed by atoms with E-state index in [4.69, 9.17) is 9.15 Å². The predicted molar refractivity (Wildman–Crippen MR) is 117 cm³/mol. The summed E-state index contributed by atoms with van der Waals surface area (Å²) < 4.78 is 10.8. The highest BCUT2D eigenvalue weighted by molar-refractivity contribution is 6.03. The van der Waals surface area contributed by atoms with Gasteiger partial charge in [-0.3, -0.25) is 4.79 Å². The first-order chi connectivity index (χ1) is 14.5. The summed E-state index contributed by atoms with van der Waals surface area (Å²) in [5.74, 6) is 1.39. The van der Waals surface area contributed by atoms with Crippen LogP contribution in [0.2, 0.25) is 0 Å². The molecule has 0 saturated heterocycles. The van der Waals surface area contributed by atoms with Gasteiger partial charge in [-0.05, 0) is 79.1 Å². The second kappa shape index (κ2) is 8.45. The van der Waals surface area contributed by atoms with Gasteiger partial charge in [0.15, 0.2) is 0 Å². The van der Waals surface area contributed by atoms with Gasteiger partial charge >= 0.3 is 0 Å². The number of furan rings is 1. The van der Waals surface area contributed by atoms with Crippen molar-refractivity contribution in [3.63, 3.8) is 0 Å². The van der Waals surface area contributed by atoms with Crippen LogP contribution in [0.1, 0.15) is 34.9 Å². The molecule has 1 unspecified atom stereocenters. The van der Waals surface area contributed by atoms with E-state index < -0.39 is 0 Å². The second-order valence-corrected chi connectivity index (χ2v) is 7.48. The number of methoxy groups -OCH3 is 1. The molecule has 1 aromatic heterocycles. The summed E-state index contributed by atoms with van der Waals surface area (Å²) in [6.45, 7) is 4.23. The van der Waals surface area contributed by atoms with Gasteiger partial charge in [0, 0.05) is 12.1 Å². The highest BCUT2D eigenvalue weighted by Gasteiger charge is 2.34. The summed E-state index contributed by atoms with van der Waals surface area (Å²) in [7, 11) is 1.64. The normalized spacial score (nSPS) is 15.8. The molecular formula is C24H25N3O3. The van der Waals surface area contributed by atoms with E-state index in [0.717, 1.165) is 39.6 Å². The van der Waals surface area contributed by atoms with Crippen molar-refractivity contribution in [2.45, 2.75) is 26.3 Å². The molecule has 3 aromatic rings. The number of carbonyl (C=O) groups is 1. The topological polar surface area (TPSA) is 67.1 Å². The Labute approximate surface area is 176 Å². The third-order valence-electron chi connectivity index (χ3n) is 5.13. The lowest BCUT2D eigenvalue weighted by Gasteiger charge is -2.20. The van der Waals surface area contributed by atoms with Gasteiger partial charge in [-0.1, -0.05) is 6.07 Å². The molecule has 0 bridgehead atoms. The molecule has 30 heavy (non-hydrogen) atoms. The Morgan fingerprint density at radius 3 is 2.53 bits per heavy atom. The van der Waals surface area contributed by atoms with Crippen molar-refractivity contribution in [3.05, 3.63) is 83.3 Å². The molecule has 6 heteroatoms. The lowest BCUT2D eigenvalue weighted by atomic mass is 10.0. The van der Waals surface area contributed by atoms with Crippen LogP contribution < -0.4 is 10.1 Å². The van der Waals surface area contributed by atoms with Crippen LogP contribution in [-0.4, -0.2) is 30.3 Å². The van der Waals surface area contributed by atoms with Crippen molar-refractivity contribution in [3.8, 4) is 5.75 Å². The maximum absolute atomic E-state index is 13.1. The maximum Gasteiger partial charge on any atom is 0.262 e. The maximum atomic E-state index is 13.1. The number of aryl methyl sites for hydroxylation is 2. The number of anilines is 1. The number of rotatable bonds is 6. The van der Waals surface area contributed by atoms with Crippen LogP contribution in [0.5, 0.6) is 5.75 Å². The van der Waals surface area contributed by atoms with Crippen molar-refractivity contribution in [1.29, 1.82) is 0 Å². The molecule has 1 amide bonds. The third kappa shape index (κ3) is 4.22. The lowest BCUT2D eigenvalue weighted by Crippen LogP contribution is -2.32. The van der Waals surface area contributed by atoms with Crippen molar-refractivity contribution in [1.82, 2.24) is 5.01 Å². The largest absolute Gasteiger partial charge is 0.497 e. The summed E-state index contributed by atoms with van der Waals surface area (Å²) >= 11 is 0. The zero-order valence-corrected chi connectivity index (χ0v) is 17.4. The standard InChI is InChI=1S/C24H25N3O3/c1-16-11-17(2)13-19(12-16)25-15-24(28)27-22(23-5-4-10-30-23)14-21(26-27)18-6-8-20(29-3)9-7-18/h4-13,22,25H,14-15H2,1-3H3. The van der Waals surface area contributed by atoms with Crippen molar-refractivity contribution in [2.24, 2.45) is 5.10 Å². The van der Waals surface area contributed by atoms with Crippen molar-refractivity contribution < 1.29 is 13.9 Å². The van der Waals surface area contributed by atoms with Gasteiger partial charge in [0.05, 0.1) is 25.6 Å². The minimum atomic E-state index is -0.259. The number of ether oxygens (including phenoxy) is 1. The number of hydrogen-bond acceptors (Lipinski definition) is 5. The van der Waals surface area contributed by atoms with Crippen molar-refractivity contribution >= 4 is 17.3 Å². The number of hydrogen-bond donors (Lipinski definition) is 1. The molecule has 2 heterocycles. The molecule has 0 spiro atoms. The van der Waals surface area contributed by atoms with E-state index in [9.17, 15) is 4.79 Å². The molecule has 6 nitrogen and oxygen atoms in total. The lowest BCUT2D eigenvalue weighted by molar-refractivity contribution is -0.131. The van der Waals surface area contributed by atoms with Crippen LogP contribution in [0.15, 0.2) is 70.4 Å². The smallest absolute Gasteiger partial charge is 0.262 e. The SMILES string of the molecule is COc1ccc(C2=NN(C(=O)CNc3cc(C)cc(C)c3)C(c3ccco3)C2)cc1. The second-order valence-electron chi connectivity index (χ2n) is 7.48. The minimum Gasteiger partial charge on any atom is -0.497 e. The zero-order chi connectivity index (χ0) is 21.1. The number of amides is 1. The predicted octanol–water partition coefficient (Wildman–Crippen LogP) is 4.69. The molecule has 154 valence electrons. The van der Waals surface area contributed by atoms with Crippen LogP contribution >= 0.6 is 0 Å². The van der Waals surface area contributed by atoms with Gasteiger partial charge in [-0.25, -0.2) is 5.01 Å². The van der Waals surface area contributed by atoms with E-state index in [1.807, 2.05) is 62.4 Å². The van der Waals surface area contributed by atoms with E-state index >= 15 is 0 Å². The van der Waals surface area contributed by atoms with Crippen LogP contribution in [0.25, 0.3) is 0 Å². The molecule has 1 aliphatic heterocycles. The molecular weight excluding hydrogens is 378 g/mol. The van der Waals surface area contributed by atoms with Gasteiger partial charge in [-0.15, -0.1) is 0 Å². The molecule has 4 rings (SSSR count). The summed E-state index contributed by atoms with van der Waals surface area (Å²) in [5.41, 5.74) is 5.04. The third-order valence-corrected chi connectivity index (χ3v) is 5.13. The summed E-state index contributed by atoms with van der Waals surface area (Å²) in [6, 6.07) is 17.3. The zero-order valence-electron chi connectivity index (χ0n) is 17.4. The molecule has 0 aliphatic carbocycles. The summed E-state index contributed by atoms with van der Waals surface area (Å²) in [6.07, 6.45) is 2.21. The Bertz CT molecular complexity index is 1040. The number of hydrazone groups is 1. The first kappa shape index (κ1) is 19.8. The van der Waals surface area contributed by atoms with Crippen LogP contribution in [0.4, 0.5) is 5.69 Å². The number of nitrogens with zero attached hydrogens (tertiary/aromatic N) is 2. The van der Waals surface area contributed by atoms with E-state index in [1.165, 1.54) is 5.01 Å². The highest BCUT2D eigenvalue weighted by atomic mass is 16.5. The number of nitrogens with one attached hydrogen (secondary N) is 1. The average Bonchev–Trinajstić information content (AvgIpc) is 3.41. The molecule has 1 N–H and O–H groups in total. The summed E-state index contributed by atoms with van der Waals surface area (Å²) in [5, 5.41) is 9.42. The first-order valence-corrected chi connectivity index (χ1v) is 9.93. The van der Waals surface area contributed by atoms with Gasteiger partial charge in [0.2, 0.25) is 0 Å². The van der Waals surface area contributed by atoms with E-state index in [-0.39, 0.29) is 18.5 Å². The van der Waals surface area contributed by atoms with E-state index in [0.29, 0.717) is 6.42 Å². The fourth-order valence-corrected chi connectivity index (χ4v) is 3.74. The Kier molecular flexibility index (Phi) is 5.57. The fraction of sp³-hybridized carbons (Fsp3) is 0.250. The Hall–Kier alpha value is -3.54. The monoisotopic (exact) mass is 403 g/mol. The van der Waals surface area contributed by atoms with E-state index in [1.54, 1.807) is 13.4 Å². The van der Waals surface area contributed by atoms with Gasteiger partial charge < -0.3 is 14.5 Å². The van der Waals surface area contributed by atoms with Crippen LogP contribution in [0, 0.1) is 13.8 Å². The Morgan fingerprint density at radius 2 is 1.90 bits per heavy atom. The Morgan fingerprint density at radius 1 is 1.17 bits per heavy atom. The van der Waals surface area contributed by atoms with Gasteiger partial charge in [0.25, 0.3) is 5.91 Å². The van der Waals surface area contributed by atoms with Gasteiger partial charge in [0.1, 0.15) is 17.6 Å². The molecule has 2 aromatic carbocycles. The first-order valence-electron chi connectivity index (χ1n) is 9.93. The van der Waals surface area contributed by atoms with Crippen LogP contribution in [0.3, 0.4) is 0 Å². The molecule has 0 saturated carbocycles. The minimum absolute atomic E-state index is 0.112. The average molecular weight is 403 g/mol. The number of carbonyl (C=O) groups excluding carboxylic acids is 1. The summed E-state index contributed by atoms with van der Waals surface area (Å²) in [4.78, 5) is 13.1. The molecule has 0 radical (unpaired) electrons. The highest BCUT2D eigenvalue weighted by Crippen LogP contribution is 2.33. The van der Waals surface area contributed by atoms with Crippen molar-refractivity contribution in [2.75, 3.05) is 19.0 Å². The molecule has 1 aliphatic rings. The van der Waals surface area contributed by atoms with E-state index in [2.05, 4.69) is 16.5 Å². The molecule has 1 atom stereocenters.